The summed E-state index contributed by atoms with van der Waals surface area (Å²) in [6.07, 6.45) is 5.17. The van der Waals surface area contributed by atoms with Gasteiger partial charge in [0, 0.05) is 12.0 Å². The molecule has 174 valence electrons. The molecule has 0 bridgehead atoms. The number of nitrogens with zero attached hydrogens (tertiary/aromatic N) is 1. The van der Waals surface area contributed by atoms with E-state index in [1.165, 1.54) is 5.56 Å². The Morgan fingerprint density at radius 2 is 2.00 bits per heavy atom. The number of oxazole rings is 1. The van der Waals surface area contributed by atoms with Gasteiger partial charge in [0.1, 0.15) is 12.0 Å². The first-order valence-corrected chi connectivity index (χ1v) is 11.3. The summed E-state index contributed by atoms with van der Waals surface area (Å²) in [6.45, 7) is 3.04. The van der Waals surface area contributed by atoms with Crippen LogP contribution in [0.3, 0.4) is 0 Å². The van der Waals surface area contributed by atoms with E-state index in [2.05, 4.69) is 4.98 Å². The van der Waals surface area contributed by atoms with Gasteiger partial charge in [-0.15, -0.1) is 0 Å². The highest BCUT2D eigenvalue weighted by atomic mass is 16.5. The monoisotopic (exact) mass is 451 g/mol. The lowest BCUT2D eigenvalue weighted by Gasteiger charge is -2.13. The van der Waals surface area contributed by atoms with Gasteiger partial charge in [0.05, 0.1) is 32.4 Å². The fraction of sp³-hybridized carbons (Fsp3) is 0.385. The van der Waals surface area contributed by atoms with Crippen LogP contribution in [0.25, 0.3) is 11.5 Å². The lowest BCUT2D eigenvalue weighted by Crippen LogP contribution is -2.06. The van der Waals surface area contributed by atoms with Crippen LogP contribution in [-0.4, -0.2) is 36.4 Å². The Kier molecular flexibility index (Phi) is 7.17. The molecule has 2 aromatic carbocycles. The third kappa shape index (κ3) is 5.48. The molecular weight excluding hydrogens is 422 g/mol. The Morgan fingerprint density at radius 1 is 1.15 bits per heavy atom. The molecule has 0 amide bonds. The van der Waals surface area contributed by atoms with E-state index in [4.69, 9.17) is 23.7 Å². The Morgan fingerprint density at radius 3 is 2.76 bits per heavy atom. The van der Waals surface area contributed by atoms with Crippen molar-refractivity contribution in [3.8, 4) is 28.7 Å². The van der Waals surface area contributed by atoms with Crippen molar-refractivity contribution < 1.29 is 28.5 Å². The first-order chi connectivity index (χ1) is 16.1. The van der Waals surface area contributed by atoms with Gasteiger partial charge in [-0.2, -0.15) is 0 Å². The maximum atomic E-state index is 11.0. The van der Waals surface area contributed by atoms with E-state index in [1.807, 2.05) is 43.3 Å². The molecule has 7 heteroatoms. The smallest absolute Gasteiger partial charge is 0.303 e. The Labute approximate surface area is 193 Å². The molecule has 3 aromatic rings. The molecule has 0 aliphatic heterocycles. The van der Waals surface area contributed by atoms with Gasteiger partial charge in [-0.25, -0.2) is 4.98 Å². The second kappa shape index (κ2) is 10.4. The van der Waals surface area contributed by atoms with Crippen molar-refractivity contribution in [1.29, 1.82) is 0 Å². The van der Waals surface area contributed by atoms with E-state index in [9.17, 15) is 4.79 Å². The predicted octanol–water partition coefficient (Wildman–Crippen LogP) is 5.27. The fourth-order valence-corrected chi connectivity index (χ4v) is 4.15. The zero-order valence-electron chi connectivity index (χ0n) is 19.0. The quantitative estimate of drug-likeness (QED) is 0.397. The van der Waals surface area contributed by atoms with Gasteiger partial charge in [0.15, 0.2) is 11.5 Å². The molecule has 1 aromatic heterocycles. The number of hydrogen-bond acceptors (Lipinski definition) is 6. The minimum Gasteiger partial charge on any atom is -0.493 e. The zero-order chi connectivity index (χ0) is 23.2. The van der Waals surface area contributed by atoms with E-state index >= 15 is 0 Å². The molecular formula is C26H29NO6. The molecule has 4 rings (SSSR count). The number of carbonyl (C=O) groups is 1. The molecule has 1 aliphatic rings. The van der Waals surface area contributed by atoms with Gasteiger partial charge in [0.2, 0.25) is 5.89 Å². The van der Waals surface area contributed by atoms with Crippen molar-refractivity contribution in [1.82, 2.24) is 4.98 Å². The minimum atomic E-state index is -0.747. The predicted molar refractivity (Wildman–Crippen MR) is 123 cm³/mol. The van der Waals surface area contributed by atoms with Crippen molar-refractivity contribution in [2.24, 2.45) is 0 Å². The molecule has 0 saturated heterocycles. The second-order valence-corrected chi connectivity index (χ2v) is 8.11. The summed E-state index contributed by atoms with van der Waals surface area (Å²) in [7, 11) is 1.61. The summed E-state index contributed by atoms with van der Waals surface area (Å²) in [5, 5.41) is 9.06. The summed E-state index contributed by atoms with van der Waals surface area (Å²) in [5.74, 6) is 2.02. The van der Waals surface area contributed by atoms with Crippen molar-refractivity contribution in [2.45, 2.75) is 44.9 Å². The standard InChI is InChI=1S/C26H29NO6/c1-3-20-16-33-26(27-20)19-7-10-23(24(14-19)30-2)32-12-4-11-31-21-8-9-22-17(13-21)5-6-18(22)15-25(28)29/h7-10,13-14,16,18H,3-6,11-12,15H2,1-2H3,(H,28,29)/t18-/m0/s1. The zero-order valence-corrected chi connectivity index (χ0v) is 19.0. The molecule has 1 heterocycles. The Bertz CT molecular complexity index is 1110. The van der Waals surface area contributed by atoms with E-state index in [0.717, 1.165) is 41.8 Å². The number of aryl methyl sites for hydroxylation is 2. The highest BCUT2D eigenvalue weighted by molar-refractivity contribution is 5.68. The normalized spacial score (nSPS) is 14.7. The number of rotatable bonds is 11. The molecule has 0 radical (unpaired) electrons. The second-order valence-electron chi connectivity index (χ2n) is 8.11. The van der Waals surface area contributed by atoms with Gasteiger partial charge in [-0.1, -0.05) is 13.0 Å². The molecule has 0 fully saturated rings. The maximum Gasteiger partial charge on any atom is 0.303 e. The van der Waals surface area contributed by atoms with E-state index < -0.39 is 5.97 Å². The number of hydrogen-bond donors (Lipinski definition) is 1. The fourth-order valence-electron chi connectivity index (χ4n) is 4.15. The molecule has 1 atom stereocenters. The summed E-state index contributed by atoms with van der Waals surface area (Å²) >= 11 is 0. The lowest BCUT2D eigenvalue weighted by atomic mass is 9.98. The van der Waals surface area contributed by atoms with Gasteiger partial charge >= 0.3 is 5.97 Å². The number of carboxylic acids is 1. The first-order valence-electron chi connectivity index (χ1n) is 11.3. The van der Waals surface area contributed by atoms with E-state index in [-0.39, 0.29) is 12.3 Å². The van der Waals surface area contributed by atoms with E-state index in [0.29, 0.717) is 37.0 Å². The molecule has 0 unspecified atom stereocenters. The highest BCUT2D eigenvalue weighted by Gasteiger charge is 2.24. The van der Waals surface area contributed by atoms with Crippen LogP contribution in [0.5, 0.6) is 17.2 Å². The van der Waals surface area contributed by atoms with Crippen LogP contribution in [0.2, 0.25) is 0 Å². The summed E-state index contributed by atoms with van der Waals surface area (Å²) in [6, 6.07) is 11.6. The number of ether oxygens (including phenoxy) is 3. The molecule has 7 nitrogen and oxygen atoms in total. The highest BCUT2D eigenvalue weighted by Crippen LogP contribution is 2.37. The molecule has 1 N–H and O–H groups in total. The van der Waals surface area contributed by atoms with Crippen molar-refractivity contribution >= 4 is 5.97 Å². The summed E-state index contributed by atoms with van der Waals surface area (Å²) in [5.41, 5.74) is 4.08. The van der Waals surface area contributed by atoms with Crippen molar-refractivity contribution in [3.63, 3.8) is 0 Å². The summed E-state index contributed by atoms with van der Waals surface area (Å²) < 4.78 is 22.8. The van der Waals surface area contributed by atoms with Crippen LogP contribution >= 0.6 is 0 Å². The van der Waals surface area contributed by atoms with Crippen LogP contribution in [-0.2, 0) is 17.6 Å². The SMILES string of the molecule is CCc1coc(-c2ccc(OCCCOc3ccc4c(c3)CC[C@H]4CC(=O)O)c(OC)c2)n1. The number of fused-ring (bicyclic) bond motifs is 1. The number of aromatic nitrogens is 1. The summed E-state index contributed by atoms with van der Waals surface area (Å²) in [4.78, 5) is 15.5. The average Bonchev–Trinajstić information content (AvgIpc) is 3.46. The Balaban J connectivity index is 1.27. The van der Waals surface area contributed by atoms with Crippen LogP contribution in [0.4, 0.5) is 0 Å². The average molecular weight is 452 g/mol. The van der Waals surface area contributed by atoms with Crippen LogP contribution in [0, 0.1) is 0 Å². The van der Waals surface area contributed by atoms with Gasteiger partial charge in [-0.05, 0) is 66.6 Å². The number of benzene rings is 2. The third-order valence-electron chi connectivity index (χ3n) is 5.88. The van der Waals surface area contributed by atoms with Crippen LogP contribution in [0.15, 0.2) is 47.1 Å². The molecule has 0 saturated carbocycles. The van der Waals surface area contributed by atoms with E-state index in [1.54, 1.807) is 13.4 Å². The van der Waals surface area contributed by atoms with Crippen LogP contribution in [0.1, 0.15) is 48.9 Å². The van der Waals surface area contributed by atoms with Gasteiger partial charge < -0.3 is 23.7 Å². The van der Waals surface area contributed by atoms with Gasteiger partial charge in [0.25, 0.3) is 0 Å². The van der Waals surface area contributed by atoms with Crippen molar-refractivity contribution in [2.75, 3.05) is 20.3 Å². The number of carboxylic acid groups (broad SMARTS) is 1. The molecule has 33 heavy (non-hydrogen) atoms. The Hall–Kier alpha value is -3.48. The minimum absolute atomic E-state index is 0.110. The van der Waals surface area contributed by atoms with Crippen molar-refractivity contribution in [3.05, 3.63) is 59.5 Å². The maximum absolute atomic E-state index is 11.0. The number of methoxy groups -OCH3 is 1. The lowest BCUT2D eigenvalue weighted by molar-refractivity contribution is -0.137. The van der Waals surface area contributed by atoms with Gasteiger partial charge in [-0.3, -0.25) is 4.79 Å². The molecule has 1 aliphatic carbocycles. The van der Waals surface area contributed by atoms with Crippen LogP contribution < -0.4 is 14.2 Å². The topological polar surface area (TPSA) is 91.0 Å². The largest absolute Gasteiger partial charge is 0.493 e. The molecule has 0 spiro atoms. The first kappa shape index (κ1) is 22.7. The number of aliphatic carboxylic acids is 1. The third-order valence-corrected chi connectivity index (χ3v) is 5.88.